The minimum atomic E-state index is -0.400. The van der Waals surface area contributed by atoms with Crippen molar-refractivity contribution >= 4 is 28.6 Å². The van der Waals surface area contributed by atoms with E-state index in [1.165, 1.54) is 12.8 Å². The van der Waals surface area contributed by atoms with Gasteiger partial charge in [0.15, 0.2) is 0 Å². The van der Waals surface area contributed by atoms with E-state index >= 15 is 0 Å². The molecule has 2 nitrogen and oxygen atoms in total. The van der Waals surface area contributed by atoms with Gasteiger partial charge in [-0.15, -0.1) is 0 Å². The monoisotopic (exact) mass is 378 g/mol. The lowest BCUT2D eigenvalue weighted by atomic mass is 9.65. The Hall–Kier alpha value is 0.200. The molecule has 3 heteroatoms. The lowest BCUT2D eigenvalue weighted by molar-refractivity contribution is -0.177. The number of hydrogen-bond acceptors (Lipinski definition) is 2. The first-order chi connectivity index (χ1) is 8.50. The summed E-state index contributed by atoms with van der Waals surface area (Å²) >= 11 is 2.23. The standard InChI is InChI=1S/C16H27IO2/c1-7-14(4,17)12(18)19-16(6)10-11-8-9-15(16,5)13(11,2)3/h11H,7-10H2,1-6H3. The van der Waals surface area contributed by atoms with Crippen LogP contribution in [0.1, 0.15) is 67.2 Å². The first-order valence-corrected chi connectivity index (χ1v) is 8.50. The number of alkyl halides is 1. The zero-order valence-corrected chi connectivity index (χ0v) is 15.3. The quantitative estimate of drug-likeness (QED) is 0.403. The molecule has 4 unspecified atom stereocenters. The van der Waals surface area contributed by atoms with Gasteiger partial charge in [0, 0.05) is 5.41 Å². The van der Waals surface area contributed by atoms with Crippen LogP contribution in [0.2, 0.25) is 0 Å². The average molecular weight is 378 g/mol. The van der Waals surface area contributed by atoms with Crippen LogP contribution in [-0.2, 0) is 9.53 Å². The molecule has 2 fully saturated rings. The van der Waals surface area contributed by atoms with Gasteiger partial charge in [-0.3, -0.25) is 4.79 Å². The molecule has 0 aliphatic heterocycles. The molecule has 4 atom stereocenters. The Morgan fingerprint density at radius 3 is 2.32 bits per heavy atom. The molecule has 0 radical (unpaired) electrons. The number of esters is 1. The molecule has 0 heterocycles. The smallest absolute Gasteiger partial charge is 0.322 e. The summed E-state index contributed by atoms with van der Waals surface area (Å²) < 4.78 is 5.68. The number of fused-ring (bicyclic) bond motifs is 2. The highest BCUT2D eigenvalue weighted by Gasteiger charge is 2.69. The van der Waals surface area contributed by atoms with Crippen molar-refractivity contribution < 1.29 is 9.53 Å². The van der Waals surface area contributed by atoms with Crippen molar-refractivity contribution in [1.29, 1.82) is 0 Å². The Bertz CT molecular complexity index is 402. The molecule has 19 heavy (non-hydrogen) atoms. The SMILES string of the molecule is CCC(C)(I)C(=O)OC1(C)CC2CCC1(C)C2(C)C. The maximum atomic E-state index is 12.5. The van der Waals surface area contributed by atoms with Gasteiger partial charge < -0.3 is 4.74 Å². The Balaban J connectivity index is 2.25. The third kappa shape index (κ3) is 1.97. The summed E-state index contributed by atoms with van der Waals surface area (Å²) in [6.07, 6.45) is 4.30. The van der Waals surface area contributed by atoms with Crippen LogP contribution in [0.4, 0.5) is 0 Å². The Morgan fingerprint density at radius 1 is 1.37 bits per heavy atom. The van der Waals surface area contributed by atoms with Crippen LogP contribution in [0.25, 0.3) is 0 Å². The van der Waals surface area contributed by atoms with Gasteiger partial charge in [-0.1, -0.05) is 50.3 Å². The molecule has 0 spiro atoms. The lowest BCUT2D eigenvalue weighted by Gasteiger charge is -2.46. The highest BCUT2D eigenvalue weighted by atomic mass is 127. The zero-order valence-electron chi connectivity index (χ0n) is 13.1. The summed E-state index contributed by atoms with van der Waals surface area (Å²) in [6.45, 7) is 13.2. The Morgan fingerprint density at radius 2 is 1.95 bits per heavy atom. The van der Waals surface area contributed by atoms with E-state index in [4.69, 9.17) is 4.74 Å². The average Bonchev–Trinajstić information content (AvgIpc) is 2.60. The van der Waals surface area contributed by atoms with E-state index in [0.717, 1.165) is 12.8 Å². The molecule has 2 aliphatic rings. The van der Waals surface area contributed by atoms with E-state index in [1.807, 2.05) is 13.8 Å². The number of carbonyl (C=O) groups is 1. The van der Waals surface area contributed by atoms with Crippen LogP contribution < -0.4 is 0 Å². The summed E-state index contributed by atoms with van der Waals surface area (Å²) in [7, 11) is 0. The molecule has 2 saturated carbocycles. The van der Waals surface area contributed by atoms with E-state index in [-0.39, 0.29) is 22.4 Å². The number of halogens is 1. The van der Waals surface area contributed by atoms with Gasteiger partial charge in [-0.2, -0.15) is 0 Å². The van der Waals surface area contributed by atoms with E-state index in [2.05, 4.69) is 50.3 Å². The molecular weight excluding hydrogens is 351 g/mol. The number of carbonyl (C=O) groups excluding carboxylic acids is 1. The van der Waals surface area contributed by atoms with Crippen molar-refractivity contribution in [3.05, 3.63) is 0 Å². The van der Waals surface area contributed by atoms with Crippen LogP contribution >= 0.6 is 22.6 Å². The van der Waals surface area contributed by atoms with Crippen molar-refractivity contribution in [3.8, 4) is 0 Å². The van der Waals surface area contributed by atoms with Gasteiger partial charge in [-0.05, 0) is 50.9 Å². The predicted octanol–water partition coefficient (Wildman–Crippen LogP) is 4.74. The van der Waals surface area contributed by atoms with Crippen molar-refractivity contribution in [2.24, 2.45) is 16.7 Å². The largest absolute Gasteiger partial charge is 0.458 e. The summed E-state index contributed by atoms with van der Waals surface area (Å²) in [6, 6.07) is 0. The van der Waals surface area contributed by atoms with Gasteiger partial charge in [0.25, 0.3) is 0 Å². The second-order valence-electron chi connectivity index (χ2n) is 7.66. The van der Waals surface area contributed by atoms with Gasteiger partial charge in [-0.25, -0.2) is 0 Å². The molecule has 110 valence electrons. The first-order valence-electron chi connectivity index (χ1n) is 7.42. The maximum Gasteiger partial charge on any atom is 0.322 e. The third-order valence-electron chi connectivity index (χ3n) is 6.65. The zero-order chi connectivity index (χ0) is 14.7. The van der Waals surface area contributed by atoms with E-state index in [9.17, 15) is 4.79 Å². The van der Waals surface area contributed by atoms with Crippen LogP contribution in [0.3, 0.4) is 0 Å². The highest BCUT2D eigenvalue weighted by Crippen LogP contribution is 2.70. The van der Waals surface area contributed by atoms with Crippen molar-refractivity contribution in [2.75, 3.05) is 0 Å². The lowest BCUT2D eigenvalue weighted by Crippen LogP contribution is -2.50. The molecule has 0 aromatic carbocycles. The maximum absolute atomic E-state index is 12.5. The fourth-order valence-corrected chi connectivity index (χ4v) is 4.31. The first kappa shape index (κ1) is 15.6. The molecule has 2 bridgehead atoms. The van der Waals surface area contributed by atoms with Gasteiger partial charge in [0.2, 0.25) is 0 Å². The molecule has 0 saturated heterocycles. The molecule has 0 N–H and O–H groups in total. The number of hydrogen-bond donors (Lipinski definition) is 0. The summed E-state index contributed by atoms with van der Waals surface area (Å²) in [4.78, 5) is 12.5. The van der Waals surface area contributed by atoms with Crippen LogP contribution in [0.15, 0.2) is 0 Å². The molecule has 2 rings (SSSR count). The van der Waals surface area contributed by atoms with Gasteiger partial charge >= 0.3 is 5.97 Å². The third-order valence-corrected chi connectivity index (χ3v) is 7.85. The molecule has 2 aliphatic carbocycles. The van der Waals surface area contributed by atoms with E-state index < -0.39 is 3.42 Å². The minimum absolute atomic E-state index is 0.0392. The summed E-state index contributed by atoms with van der Waals surface area (Å²) in [5.41, 5.74) is 0.0921. The minimum Gasteiger partial charge on any atom is -0.458 e. The van der Waals surface area contributed by atoms with E-state index in [0.29, 0.717) is 5.92 Å². The van der Waals surface area contributed by atoms with Crippen LogP contribution in [-0.4, -0.2) is 15.0 Å². The second-order valence-corrected chi connectivity index (χ2v) is 10.0. The highest BCUT2D eigenvalue weighted by molar-refractivity contribution is 14.1. The molecule has 0 aromatic heterocycles. The van der Waals surface area contributed by atoms with Gasteiger partial charge in [0.05, 0.1) is 0 Å². The predicted molar refractivity (Wildman–Crippen MR) is 86.4 cm³/mol. The fraction of sp³-hybridized carbons (Fsp3) is 0.938. The van der Waals surface area contributed by atoms with Crippen molar-refractivity contribution in [1.82, 2.24) is 0 Å². The van der Waals surface area contributed by atoms with Crippen molar-refractivity contribution in [3.63, 3.8) is 0 Å². The second kappa shape index (κ2) is 4.35. The molecular formula is C16H27IO2. The van der Waals surface area contributed by atoms with Crippen LogP contribution in [0.5, 0.6) is 0 Å². The fourth-order valence-electron chi connectivity index (χ4n) is 4.20. The number of ether oxygens (including phenoxy) is 1. The normalized spacial score (nSPS) is 43.0. The molecule has 0 aromatic rings. The topological polar surface area (TPSA) is 26.3 Å². The summed E-state index contributed by atoms with van der Waals surface area (Å²) in [5.74, 6) is 0.653. The Kier molecular flexibility index (Phi) is 3.56. The van der Waals surface area contributed by atoms with Crippen molar-refractivity contribution in [2.45, 2.75) is 76.2 Å². The Labute approximate surface area is 131 Å². The summed E-state index contributed by atoms with van der Waals surface area (Å²) in [5, 5.41) is 0. The number of rotatable bonds is 3. The van der Waals surface area contributed by atoms with Crippen LogP contribution in [0, 0.1) is 16.7 Å². The van der Waals surface area contributed by atoms with E-state index in [1.54, 1.807) is 0 Å². The molecule has 0 amide bonds. The van der Waals surface area contributed by atoms with Gasteiger partial charge in [0.1, 0.15) is 9.02 Å².